The van der Waals surface area contributed by atoms with Gasteiger partial charge in [0.2, 0.25) is 5.91 Å². The minimum atomic E-state index is -0.526. The molecule has 2 amide bonds. The fourth-order valence-corrected chi connectivity index (χ4v) is 3.34. The first-order valence-electron chi connectivity index (χ1n) is 9.57. The molecule has 0 aliphatic carbocycles. The Kier molecular flexibility index (Phi) is 6.81. The topological polar surface area (TPSA) is 69.6 Å². The van der Waals surface area contributed by atoms with Crippen molar-refractivity contribution >= 4 is 11.8 Å². The zero-order valence-corrected chi connectivity index (χ0v) is 16.4. The molecule has 2 N–H and O–H groups in total. The maximum Gasteiger partial charge on any atom is 0.251 e. The average Bonchev–Trinajstić information content (AvgIpc) is 2.64. The van der Waals surface area contributed by atoms with E-state index in [0.29, 0.717) is 25.1 Å². The van der Waals surface area contributed by atoms with Gasteiger partial charge in [0.15, 0.2) is 0 Å². The summed E-state index contributed by atoms with van der Waals surface area (Å²) < 4.78 is 0. The Bertz CT molecular complexity index is 619. The predicted molar refractivity (Wildman–Crippen MR) is 103 cm³/mol. The molecule has 1 heterocycles. The molecule has 1 saturated heterocycles. The van der Waals surface area contributed by atoms with E-state index in [9.17, 15) is 14.7 Å². The lowest BCUT2D eigenvalue weighted by Crippen LogP contribution is -2.51. The van der Waals surface area contributed by atoms with E-state index in [4.69, 9.17) is 0 Å². The van der Waals surface area contributed by atoms with E-state index in [1.807, 2.05) is 31.2 Å². The Balaban J connectivity index is 2.02. The normalized spacial score (nSPS) is 19.1. The van der Waals surface area contributed by atoms with Crippen molar-refractivity contribution in [3.63, 3.8) is 0 Å². The van der Waals surface area contributed by atoms with Crippen LogP contribution < -0.4 is 5.32 Å². The van der Waals surface area contributed by atoms with Crippen molar-refractivity contribution < 1.29 is 14.7 Å². The van der Waals surface area contributed by atoms with Crippen molar-refractivity contribution in [2.24, 2.45) is 5.92 Å². The summed E-state index contributed by atoms with van der Waals surface area (Å²) in [4.78, 5) is 27.1. The monoisotopic (exact) mass is 360 g/mol. The molecule has 1 aliphatic rings. The summed E-state index contributed by atoms with van der Waals surface area (Å²) in [5.74, 6) is -0.127. The van der Waals surface area contributed by atoms with Gasteiger partial charge in [-0.2, -0.15) is 0 Å². The standard InChI is InChI=1S/C21H32N2O3/c1-5-18(20(26)23-12-6-7-15(13-23)14-24)22-19(25)16-8-10-17(11-9-16)21(2,3)4/h8-11,15,18,24H,5-7,12-14H2,1-4H3,(H,22,25). The van der Waals surface area contributed by atoms with Gasteiger partial charge in [0.1, 0.15) is 6.04 Å². The van der Waals surface area contributed by atoms with Crippen LogP contribution in [0.25, 0.3) is 0 Å². The van der Waals surface area contributed by atoms with Crippen molar-refractivity contribution in [2.45, 2.75) is 58.4 Å². The first-order valence-corrected chi connectivity index (χ1v) is 9.57. The van der Waals surface area contributed by atoms with Crippen LogP contribution in [0.2, 0.25) is 0 Å². The molecular formula is C21H32N2O3. The number of aliphatic hydroxyl groups excluding tert-OH is 1. The fourth-order valence-electron chi connectivity index (χ4n) is 3.34. The highest BCUT2D eigenvalue weighted by Crippen LogP contribution is 2.22. The highest BCUT2D eigenvalue weighted by Gasteiger charge is 2.29. The third-order valence-electron chi connectivity index (χ3n) is 5.11. The van der Waals surface area contributed by atoms with Gasteiger partial charge in [0, 0.05) is 25.3 Å². The first-order chi connectivity index (χ1) is 12.3. The molecule has 0 spiro atoms. The van der Waals surface area contributed by atoms with Crippen LogP contribution in [0.4, 0.5) is 0 Å². The van der Waals surface area contributed by atoms with E-state index in [-0.39, 0.29) is 29.8 Å². The number of benzene rings is 1. The van der Waals surface area contributed by atoms with Crippen LogP contribution in [0, 0.1) is 5.92 Å². The summed E-state index contributed by atoms with van der Waals surface area (Å²) in [5.41, 5.74) is 1.77. The number of hydrogen-bond acceptors (Lipinski definition) is 3. The molecule has 1 aliphatic heterocycles. The van der Waals surface area contributed by atoms with Crippen molar-refractivity contribution in [1.82, 2.24) is 10.2 Å². The lowest BCUT2D eigenvalue weighted by molar-refractivity contribution is -0.135. The van der Waals surface area contributed by atoms with E-state index < -0.39 is 6.04 Å². The van der Waals surface area contributed by atoms with Gasteiger partial charge in [0.25, 0.3) is 5.91 Å². The van der Waals surface area contributed by atoms with Crippen molar-refractivity contribution in [1.29, 1.82) is 0 Å². The molecule has 2 atom stereocenters. The summed E-state index contributed by atoms with van der Waals surface area (Å²) in [6, 6.07) is 7.04. The van der Waals surface area contributed by atoms with Crippen molar-refractivity contribution in [3.05, 3.63) is 35.4 Å². The fraction of sp³-hybridized carbons (Fsp3) is 0.619. The zero-order valence-electron chi connectivity index (χ0n) is 16.4. The highest BCUT2D eigenvalue weighted by molar-refractivity contribution is 5.97. The maximum absolute atomic E-state index is 12.8. The van der Waals surface area contributed by atoms with E-state index in [1.54, 1.807) is 4.90 Å². The summed E-state index contributed by atoms with van der Waals surface area (Å²) in [6.07, 6.45) is 2.39. The Morgan fingerprint density at radius 3 is 2.46 bits per heavy atom. The van der Waals surface area contributed by atoms with E-state index in [1.165, 1.54) is 5.56 Å². The number of carbonyl (C=O) groups is 2. The van der Waals surface area contributed by atoms with Gasteiger partial charge in [-0.15, -0.1) is 0 Å². The molecule has 5 heteroatoms. The molecule has 26 heavy (non-hydrogen) atoms. The third kappa shape index (κ3) is 5.07. The molecular weight excluding hydrogens is 328 g/mol. The van der Waals surface area contributed by atoms with E-state index >= 15 is 0 Å². The second kappa shape index (κ2) is 8.67. The van der Waals surface area contributed by atoms with Crippen LogP contribution in [-0.4, -0.2) is 47.6 Å². The van der Waals surface area contributed by atoms with Crippen LogP contribution in [0.1, 0.15) is 62.9 Å². The SMILES string of the molecule is CCC(NC(=O)c1ccc(C(C)(C)C)cc1)C(=O)N1CCCC(CO)C1. The second-order valence-electron chi connectivity index (χ2n) is 8.24. The van der Waals surface area contributed by atoms with Crippen molar-refractivity contribution in [3.8, 4) is 0 Å². The van der Waals surface area contributed by atoms with E-state index in [0.717, 1.165) is 12.8 Å². The van der Waals surface area contributed by atoms with Crippen molar-refractivity contribution in [2.75, 3.05) is 19.7 Å². The third-order valence-corrected chi connectivity index (χ3v) is 5.11. The Morgan fingerprint density at radius 2 is 1.92 bits per heavy atom. The number of amides is 2. The second-order valence-corrected chi connectivity index (χ2v) is 8.24. The summed E-state index contributed by atoms with van der Waals surface area (Å²) in [5, 5.41) is 12.2. The quantitative estimate of drug-likeness (QED) is 0.848. The van der Waals surface area contributed by atoms with Gasteiger partial charge in [-0.05, 0) is 48.3 Å². The highest BCUT2D eigenvalue weighted by atomic mass is 16.3. The van der Waals surface area contributed by atoms with Crippen LogP contribution in [-0.2, 0) is 10.2 Å². The number of carbonyl (C=O) groups excluding carboxylic acids is 2. The smallest absolute Gasteiger partial charge is 0.251 e. The first kappa shape index (κ1) is 20.4. The van der Waals surface area contributed by atoms with E-state index in [2.05, 4.69) is 26.1 Å². The van der Waals surface area contributed by atoms with Gasteiger partial charge in [0.05, 0.1) is 0 Å². The molecule has 1 aromatic rings. The molecule has 144 valence electrons. The zero-order chi connectivity index (χ0) is 19.3. The number of aliphatic hydroxyl groups is 1. The van der Waals surface area contributed by atoms with Gasteiger partial charge < -0.3 is 15.3 Å². The lowest BCUT2D eigenvalue weighted by Gasteiger charge is -2.34. The largest absolute Gasteiger partial charge is 0.396 e. The van der Waals surface area contributed by atoms with Crippen LogP contribution >= 0.6 is 0 Å². The molecule has 1 fully saturated rings. The molecule has 5 nitrogen and oxygen atoms in total. The Hall–Kier alpha value is -1.88. The van der Waals surface area contributed by atoms with Gasteiger partial charge in [-0.25, -0.2) is 0 Å². The van der Waals surface area contributed by atoms with Crippen LogP contribution in [0.15, 0.2) is 24.3 Å². The van der Waals surface area contributed by atoms with Crippen LogP contribution in [0.3, 0.4) is 0 Å². The van der Waals surface area contributed by atoms with Gasteiger partial charge >= 0.3 is 0 Å². The van der Waals surface area contributed by atoms with Crippen LogP contribution in [0.5, 0.6) is 0 Å². The Morgan fingerprint density at radius 1 is 1.27 bits per heavy atom. The molecule has 0 radical (unpaired) electrons. The average molecular weight is 360 g/mol. The molecule has 1 aromatic carbocycles. The number of nitrogens with one attached hydrogen (secondary N) is 1. The molecule has 0 bridgehead atoms. The Labute approximate surface area is 156 Å². The van der Waals surface area contributed by atoms with Gasteiger partial charge in [-0.3, -0.25) is 9.59 Å². The summed E-state index contributed by atoms with van der Waals surface area (Å²) in [6.45, 7) is 9.67. The minimum Gasteiger partial charge on any atom is -0.396 e. The molecule has 2 unspecified atom stereocenters. The molecule has 0 aromatic heterocycles. The van der Waals surface area contributed by atoms with Gasteiger partial charge in [-0.1, -0.05) is 39.8 Å². The molecule has 2 rings (SSSR count). The minimum absolute atomic E-state index is 0.0361. The number of nitrogens with zero attached hydrogens (tertiary/aromatic N) is 1. The number of hydrogen-bond donors (Lipinski definition) is 2. The summed E-state index contributed by atoms with van der Waals surface area (Å²) >= 11 is 0. The lowest BCUT2D eigenvalue weighted by atomic mass is 9.86. The summed E-state index contributed by atoms with van der Waals surface area (Å²) in [7, 11) is 0. The number of rotatable bonds is 5. The number of piperidine rings is 1. The predicted octanol–water partition coefficient (Wildman–Crippen LogP) is 2.72. The maximum atomic E-state index is 12.8. The number of likely N-dealkylation sites (tertiary alicyclic amines) is 1. The molecule has 0 saturated carbocycles.